The Morgan fingerprint density at radius 3 is 2.49 bits per heavy atom. The summed E-state index contributed by atoms with van der Waals surface area (Å²) in [7, 11) is 0. The minimum atomic E-state index is -4.75. The predicted octanol–water partition coefficient (Wildman–Crippen LogP) is 8.37. The van der Waals surface area contributed by atoms with Gasteiger partial charge in [0, 0.05) is 28.6 Å². The Morgan fingerprint density at radius 1 is 1.04 bits per heavy atom. The summed E-state index contributed by atoms with van der Waals surface area (Å²) in [6.45, 7) is 8.43. The number of benzene rings is 3. The second kappa shape index (κ2) is 13.2. The van der Waals surface area contributed by atoms with E-state index in [1.807, 2.05) is 36.6 Å². The maximum atomic E-state index is 13.3. The molecular formula is C35H35F3N6O2S. The summed E-state index contributed by atoms with van der Waals surface area (Å²) in [4.78, 5) is 22.9. The van der Waals surface area contributed by atoms with Gasteiger partial charge in [0.05, 0.1) is 11.4 Å². The first kappa shape index (κ1) is 32.2. The van der Waals surface area contributed by atoms with Gasteiger partial charge in [0.1, 0.15) is 12.1 Å². The van der Waals surface area contributed by atoms with Crippen molar-refractivity contribution in [1.29, 1.82) is 0 Å². The van der Waals surface area contributed by atoms with Gasteiger partial charge in [0.2, 0.25) is 0 Å². The van der Waals surface area contributed by atoms with Crippen molar-refractivity contribution in [1.82, 2.24) is 24.6 Å². The van der Waals surface area contributed by atoms with Gasteiger partial charge in [-0.1, -0.05) is 56.7 Å². The quantitative estimate of drug-likeness (QED) is 0.190. The van der Waals surface area contributed by atoms with Crippen LogP contribution in [-0.4, -0.2) is 37.8 Å². The Morgan fingerprint density at radius 2 is 1.79 bits per heavy atom. The lowest BCUT2D eigenvalue weighted by Gasteiger charge is -2.20. The van der Waals surface area contributed by atoms with Crippen LogP contribution in [0.25, 0.3) is 22.8 Å². The number of nitrogens with one attached hydrogen (secondary N) is 1. The molecule has 1 N–H and O–H groups in total. The first-order valence-electron chi connectivity index (χ1n) is 15.5. The highest BCUT2D eigenvalue weighted by Crippen LogP contribution is 2.35. The molecule has 0 bridgehead atoms. The number of carbonyl (C=O) groups excluding carboxylic acids is 1. The van der Waals surface area contributed by atoms with Crippen molar-refractivity contribution in [2.45, 2.75) is 71.2 Å². The van der Waals surface area contributed by atoms with Gasteiger partial charge in [-0.25, -0.2) is 14.5 Å². The summed E-state index contributed by atoms with van der Waals surface area (Å²) in [6, 6.07) is 19.4. The molecule has 5 aromatic rings. The number of alkyl halides is 3. The van der Waals surface area contributed by atoms with Crippen LogP contribution in [0.3, 0.4) is 0 Å². The fourth-order valence-corrected chi connectivity index (χ4v) is 6.97. The van der Waals surface area contributed by atoms with Gasteiger partial charge in [-0.05, 0) is 79.6 Å². The number of thiazole rings is 1. The molecule has 1 fully saturated rings. The van der Waals surface area contributed by atoms with Crippen LogP contribution in [0.2, 0.25) is 0 Å². The van der Waals surface area contributed by atoms with Crippen LogP contribution >= 0.6 is 11.3 Å². The number of rotatable bonds is 7. The van der Waals surface area contributed by atoms with Crippen LogP contribution in [0.15, 0.2) is 83.4 Å². The summed E-state index contributed by atoms with van der Waals surface area (Å²) < 4.78 is 44.9. The predicted molar refractivity (Wildman–Crippen MR) is 175 cm³/mol. The second-order valence-electron chi connectivity index (χ2n) is 12.1. The van der Waals surface area contributed by atoms with E-state index in [1.165, 1.54) is 52.2 Å². The number of carbonyl (C=O) groups is 1. The lowest BCUT2D eigenvalue weighted by Crippen LogP contribution is -2.36. The Hall–Kier alpha value is -4.71. The van der Waals surface area contributed by atoms with E-state index in [0.717, 1.165) is 47.3 Å². The van der Waals surface area contributed by atoms with Gasteiger partial charge < -0.3 is 10.1 Å². The number of urea groups is 1. The first-order valence-corrected chi connectivity index (χ1v) is 16.3. The maximum absolute atomic E-state index is 13.3. The minimum absolute atomic E-state index is 0.0431. The van der Waals surface area contributed by atoms with Crippen LogP contribution in [-0.2, 0) is 0 Å². The van der Waals surface area contributed by atoms with E-state index in [0.29, 0.717) is 22.2 Å². The number of halogens is 3. The summed E-state index contributed by atoms with van der Waals surface area (Å²) in [5.41, 5.74) is 6.89. The number of ether oxygens (including phenoxy) is 1. The van der Waals surface area contributed by atoms with Crippen molar-refractivity contribution in [3.05, 3.63) is 106 Å². The first-order chi connectivity index (χ1) is 22.4. The van der Waals surface area contributed by atoms with Gasteiger partial charge in [-0.2, -0.15) is 4.99 Å². The van der Waals surface area contributed by atoms with Crippen LogP contribution in [0.4, 0.5) is 18.0 Å². The zero-order valence-electron chi connectivity index (χ0n) is 26.5. The molecule has 0 aliphatic heterocycles. The van der Waals surface area contributed by atoms with Crippen molar-refractivity contribution >= 4 is 17.4 Å². The maximum Gasteiger partial charge on any atom is 0.573 e. The van der Waals surface area contributed by atoms with E-state index in [-0.39, 0.29) is 23.7 Å². The molecule has 2 atom stereocenters. The fourth-order valence-electron chi connectivity index (χ4n) is 6.11. The molecule has 2 unspecified atom stereocenters. The zero-order chi connectivity index (χ0) is 33.3. The van der Waals surface area contributed by atoms with Gasteiger partial charge >= 0.3 is 12.4 Å². The third-order valence-corrected chi connectivity index (χ3v) is 9.32. The van der Waals surface area contributed by atoms with E-state index in [1.54, 1.807) is 0 Å². The normalized spacial score (nSPS) is 17.0. The summed E-state index contributed by atoms with van der Waals surface area (Å²) in [5.74, 6) is 0.641. The third kappa shape index (κ3) is 7.32. The van der Waals surface area contributed by atoms with Gasteiger partial charge in [-0.15, -0.1) is 29.6 Å². The summed E-state index contributed by atoms with van der Waals surface area (Å²) in [5, 5.41) is 9.71. The monoisotopic (exact) mass is 660 g/mol. The summed E-state index contributed by atoms with van der Waals surface area (Å²) >= 11 is 1.46. The van der Waals surface area contributed by atoms with E-state index in [4.69, 9.17) is 0 Å². The lowest BCUT2D eigenvalue weighted by molar-refractivity contribution is -0.274. The fraction of sp³-hybridized carbons (Fsp3) is 0.314. The molecule has 1 aliphatic carbocycles. The molecule has 0 spiro atoms. The topological polar surface area (TPSA) is 86.3 Å². The Balaban J connectivity index is 1.16. The molecule has 6 rings (SSSR count). The molecule has 8 nitrogen and oxygen atoms in total. The number of hydrogen-bond donors (Lipinski definition) is 1. The van der Waals surface area contributed by atoms with Crippen LogP contribution in [0, 0.1) is 13.8 Å². The molecular weight excluding hydrogens is 625 g/mol. The van der Waals surface area contributed by atoms with Crippen LogP contribution in [0.5, 0.6) is 5.75 Å². The number of nitrogens with zero attached hydrogens (tertiary/aromatic N) is 5. The molecule has 0 saturated heterocycles. The van der Waals surface area contributed by atoms with E-state index in [2.05, 4.69) is 68.7 Å². The SMILES string of the molecule is Cc1ccc(C(C)C)c(-n2c(C)csc2=NC(=O)NC2CCCC2c2ccc(-c3ncn(-c4ccc(OC(F)(F)F)cc4)n3)cc2)c1. The highest BCUT2D eigenvalue weighted by atomic mass is 32.1. The highest BCUT2D eigenvalue weighted by molar-refractivity contribution is 7.07. The zero-order valence-corrected chi connectivity index (χ0v) is 27.3. The van der Waals surface area contributed by atoms with Crippen molar-refractivity contribution in [3.63, 3.8) is 0 Å². The number of amides is 2. The van der Waals surface area contributed by atoms with Crippen molar-refractivity contribution < 1.29 is 22.7 Å². The molecule has 1 aliphatic rings. The van der Waals surface area contributed by atoms with E-state index in [9.17, 15) is 18.0 Å². The minimum Gasteiger partial charge on any atom is -0.406 e. The Kier molecular flexibility index (Phi) is 9.05. The van der Waals surface area contributed by atoms with E-state index < -0.39 is 6.36 Å². The standard InChI is InChI=1S/C35H35F3N6O2S/c1-21(2)28-17-8-22(3)18-31(28)44-23(4)19-47-34(44)41-33(45)40-30-7-5-6-29(30)24-9-11-25(12-10-24)32-39-20-43(42-32)26-13-15-27(16-14-26)46-35(36,37)38/h8-21,29-30H,5-7H2,1-4H3,(H,40,45). The van der Waals surface area contributed by atoms with Crippen LogP contribution < -0.4 is 14.9 Å². The number of aromatic nitrogens is 4. The third-order valence-electron chi connectivity index (χ3n) is 8.37. The van der Waals surface area contributed by atoms with Crippen LogP contribution in [0.1, 0.15) is 67.3 Å². The average molecular weight is 661 g/mol. The summed E-state index contributed by atoms with van der Waals surface area (Å²) in [6.07, 6.45) is -0.429. The molecule has 3 aromatic carbocycles. The van der Waals surface area contributed by atoms with E-state index >= 15 is 0 Å². The lowest BCUT2D eigenvalue weighted by atomic mass is 9.93. The number of aryl methyl sites for hydroxylation is 2. The number of hydrogen-bond acceptors (Lipinski definition) is 5. The van der Waals surface area contributed by atoms with Crippen molar-refractivity contribution in [3.8, 4) is 28.5 Å². The highest BCUT2D eigenvalue weighted by Gasteiger charge is 2.31. The van der Waals surface area contributed by atoms with Gasteiger partial charge in [-0.3, -0.25) is 4.57 Å². The molecule has 0 radical (unpaired) electrons. The average Bonchev–Trinajstić information content (AvgIpc) is 3.77. The largest absolute Gasteiger partial charge is 0.573 e. The molecule has 2 aromatic heterocycles. The molecule has 47 heavy (non-hydrogen) atoms. The smallest absolute Gasteiger partial charge is 0.406 e. The van der Waals surface area contributed by atoms with Crippen molar-refractivity contribution in [2.24, 2.45) is 4.99 Å². The molecule has 2 heterocycles. The van der Waals surface area contributed by atoms with Crippen molar-refractivity contribution in [2.75, 3.05) is 0 Å². The molecule has 12 heteroatoms. The Bertz CT molecular complexity index is 1940. The molecule has 1 saturated carbocycles. The molecule has 2 amide bonds. The molecule has 244 valence electrons. The van der Waals surface area contributed by atoms with Gasteiger partial charge in [0.25, 0.3) is 0 Å². The Labute approximate surface area is 274 Å². The second-order valence-corrected chi connectivity index (χ2v) is 12.9. The van der Waals surface area contributed by atoms with Gasteiger partial charge in [0.15, 0.2) is 10.6 Å².